The highest BCUT2D eigenvalue weighted by Gasteiger charge is 2.24. The number of hydrogen-bond acceptors (Lipinski definition) is 3. The minimum atomic E-state index is -0.0303. The molecule has 0 aliphatic heterocycles. The molecule has 0 spiro atoms. The molecule has 1 aliphatic carbocycles. The molecule has 0 amide bonds. The van der Waals surface area contributed by atoms with Gasteiger partial charge in [0.1, 0.15) is 4.47 Å². The van der Waals surface area contributed by atoms with Gasteiger partial charge >= 0.3 is 0 Å². The third-order valence-electron chi connectivity index (χ3n) is 4.48. The van der Waals surface area contributed by atoms with Crippen LogP contribution in [-0.4, -0.2) is 15.8 Å². The number of halogens is 1. The Morgan fingerprint density at radius 3 is 2.86 bits per heavy atom. The summed E-state index contributed by atoms with van der Waals surface area (Å²) < 4.78 is 2.17. The molecule has 118 valence electrons. The zero-order valence-electron chi connectivity index (χ0n) is 13.1. The summed E-state index contributed by atoms with van der Waals surface area (Å²) in [4.78, 5) is 12.3. The Labute approximate surface area is 135 Å². The van der Waals surface area contributed by atoms with Gasteiger partial charge in [0.25, 0.3) is 5.56 Å². The van der Waals surface area contributed by atoms with Gasteiger partial charge in [0, 0.05) is 12.6 Å². The van der Waals surface area contributed by atoms with E-state index < -0.39 is 0 Å². The van der Waals surface area contributed by atoms with Crippen molar-refractivity contribution in [2.45, 2.75) is 71.4 Å². The van der Waals surface area contributed by atoms with Crippen molar-refractivity contribution in [3.05, 3.63) is 21.0 Å². The third-order valence-corrected chi connectivity index (χ3v) is 5.25. The first-order valence-electron chi connectivity index (χ1n) is 8.19. The Bertz CT molecular complexity index is 515. The smallest absolute Gasteiger partial charge is 0.283 e. The van der Waals surface area contributed by atoms with Gasteiger partial charge in [0.15, 0.2) is 0 Å². The van der Waals surface area contributed by atoms with Crippen LogP contribution in [0.15, 0.2) is 15.5 Å². The van der Waals surface area contributed by atoms with Gasteiger partial charge in [-0.1, -0.05) is 39.5 Å². The fourth-order valence-electron chi connectivity index (χ4n) is 3.12. The normalized spacial score (nSPS) is 22.2. The lowest BCUT2D eigenvalue weighted by molar-refractivity contribution is 0.317. The maximum atomic E-state index is 12.3. The SMILES string of the molecule is CCCCn1ncc(NC2CCCCC2CC)c(Br)c1=O. The maximum Gasteiger partial charge on any atom is 0.283 e. The van der Waals surface area contributed by atoms with Crippen LogP contribution in [0.4, 0.5) is 5.69 Å². The van der Waals surface area contributed by atoms with Gasteiger partial charge in [-0.3, -0.25) is 4.79 Å². The highest BCUT2D eigenvalue weighted by Crippen LogP contribution is 2.30. The molecule has 1 aromatic rings. The summed E-state index contributed by atoms with van der Waals surface area (Å²) in [6, 6.07) is 0.466. The standard InChI is InChI=1S/C16H26BrN3O/c1-3-5-10-20-16(21)15(17)14(11-18-20)19-13-9-7-6-8-12(13)4-2/h11-13,19H,3-10H2,1-2H3. The molecule has 21 heavy (non-hydrogen) atoms. The number of aryl methyl sites for hydroxylation is 1. The monoisotopic (exact) mass is 355 g/mol. The van der Waals surface area contributed by atoms with Gasteiger partial charge in [0.05, 0.1) is 11.9 Å². The molecule has 1 fully saturated rings. The van der Waals surface area contributed by atoms with E-state index in [-0.39, 0.29) is 5.56 Å². The fraction of sp³-hybridized carbons (Fsp3) is 0.750. The van der Waals surface area contributed by atoms with Crippen LogP contribution in [0.1, 0.15) is 58.8 Å². The highest BCUT2D eigenvalue weighted by molar-refractivity contribution is 9.10. The number of nitrogens with one attached hydrogen (secondary N) is 1. The minimum absolute atomic E-state index is 0.0303. The van der Waals surface area contributed by atoms with Crippen LogP contribution in [0.3, 0.4) is 0 Å². The van der Waals surface area contributed by atoms with Crippen molar-refractivity contribution < 1.29 is 0 Å². The van der Waals surface area contributed by atoms with Crippen molar-refractivity contribution >= 4 is 21.6 Å². The predicted molar refractivity (Wildman–Crippen MR) is 90.8 cm³/mol. The van der Waals surface area contributed by atoms with Gasteiger partial charge in [0.2, 0.25) is 0 Å². The average Bonchev–Trinajstić information content (AvgIpc) is 2.51. The molecule has 0 saturated heterocycles. The largest absolute Gasteiger partial charge is 0.380 e. The van der Waals surface area contributed by atoms with Crippen LogP contribution in [0, 0.1) is 5.92 Å². The van der Waals surface area contributed by atoms with Crippen LogP contribution in [0.25, 0.3) is 0 Å². The summed E-state index contributed by atoms with van der Waals surface area (Å²) in [7, 11) is 0. The molecule has 1 aliphatic rings. The van der Waals surface area contributed by atoms with E-state index in [9.17, 15) is 4.79 Å². The molecule has 2 unspecified atom stereocenters. The van der Waals surface area contributed by atoms with Crippen LogP contribution >= 0.6 is 15.9 Å². The molecule has 1 aromatic heterocycles. The van der Waals surface area contributed by atoms with Crippen LogP contribution in [-0.2, 0) is 6.54 Å². The van der Waals surface area contributed by atoms with Crippen molar-refractivity contribution in [2.24, 2.45) is 5.92 Å². The van der Waals surface area contributed by atoms with Gasteiger partial charge in [-0.2, -0.15) is 5.10 Å². The molecule has 0 radical (unpaired) electrons. The van der Waals surface area contributed by atoms with E-state index in [1.807, 2.05) is 0 Å². The summed E-state index contributed by atoms with van der Waals surface area (Å²) in [5, 5.41) is 7.86. The maximum absolute atomic E-state index is 12.3. The number of aromatic nitrogens is 2. The molecule has 5 heteroatoms. The van der Waals surface area contributed by atoms with E-state index in [0.717, 1.165) is 18.5 Å². The molecule has 0 bridgehead atoms. The van der Waals surface area contributed by atoms with Gasteiger partial charge < -0.3 is 5.32 Å². The quantitative estimate of drug-likeness (QED) is 0.832. The summed E-state index contributed by atoms with van der Waals surface area (Å²) in [6.45, 7) is 5.06. The Morgan fingerprint density at radius 1 is 1.38 bits per heavy atom. The summed E-state index contributed by atoms with van der Waals surface area (Å²) >= 11 is 3.46. The van der Waals surface area contributed by atoms with Crippen molar-refractivity contribution in [3.63, 3.8) is 0 Å². The Balaban J connectivity index is 2.13. The highest BCUT2D eigenvalue weighted by atomic mass is 79.9. The van der Waals surface area contributed by atoms with E-state index in [4.69, 9.17) is 0 Å². The first kappa shape index (κ1) is 16.5. The summed E-state index contributed by atoms with van der Waals surface area (Å²) in [6.07, 6.45) is 10.1. The summed E-state index contributed by atoms with van der Waals surface area (Å²) in [5.41, 5.74) is 0.815. The number of unbranched alkanes of at least 4 members (excludes halogenated alkanes) is 1. The van der Waals surface area contributed by atoms with Crippen LogP contribution < -0.4 is 10.9 Å². The molecule has 1 N–H and O–H groups in total. The second kappa shape index (κ2) is 7.97. The van der Waals surface area contributed by atoms with E-state index in [2.05, 4.69) is 40.2 Å². The first-order chi connectivity index (χ1) is 10.2. The lowest BCUT2D eigenvalue weighted by Crippen LogP contribution is -2.33. The van der Waals surface area contributed by atoms with Crippen molar-refractivity contribution in [1.82, 2.24) is 9.78 Å². The number of hydrogen-bond donors (Lipinski definition) is 1. The van der Waals surface area contributed by atoms with E-state index in [0.29, 0.717) is 23.0 Å². The molecule has 0 aromatic carbocycles. The second-order valence-electron chi connectivity index (χ2n) is 5.96. The molecular formula is C16H26BrN3O. The van der Waals surface area contributed by atoms with E-state index in [1.165, 1.54) is 32.1 Å². The zero-order valence-corrected chi connectivity index (χ0v) is 14.7. The Hall–Kier alpha value is -0.840. The Morgan fingerprint density at radius 2 is 2.14 bits per heavy atom. The van der Waals surface area contributed by atoms with E-state index in [1.54, 1.807) is 10.9 Å². The fourth-order valence-corrected chi connectivity index (χ4v) is 3.54. The van der Waals surface area contributed by atoms with Crippen molar-refractivity contribution in [3.8, 4) is 0 Å². The van der Waals surface area contributed by atoms with Gasteiger partial charge in [-0.15, -0.1) is 0 Å². The lowest BCUT2D eigenvalue weighted by Gasteiger charge is -2.32. The van der Waals surface area contributed by atoms with Gasteiger partial charge in [-0.25, -0.2) is 4.68 Å². The first-order valence-corrected chi connectivity index (χ1v) is 8.98. The molecular weight excluding hydrogens is 330 g/mol. The number of nitrogens with zero attached hydrogens (tertiary/aromatic N) is 2. The average molecular weight is 356 g/mol. The zero-order chi connectivity index (χ0) is 15.2. The van der Waals surface area contributed by atoms with Crippen molar-refractivity contribution in [2.75, 3.05) is 5.32 Å². The third kappa shape index (κ3) is 4.09. The Kier molecular flexibility index (Phi) is 6.27. The lowest BCUT2D eigenvalue weighted by atomic mass is 9.83. The molecule has 4 nitrogen and oxygen atoms in total. The molecule has 2 atom stereocenters. The minimum Gasteiger partial charge on any atom is -0.380 e. The second-order valence-corrected chi connectivity index (χ2v) is 6.75. The van der Waals surface area contributed by atoms with Gasteiger partial charge in [-0.05, 0) is 41.1 Å². The topological polar surface area (TPSA) is 46.9 Å². The predicted octanol–water partition coefficient (Wildman–Crippen LogP) is 4.19. The number of anilines is 1. The molecule has 2 rings (SSSR count). The summed E-state index contributed by atoms with van der Waals surface area (Å²) in [5.74, 6) is 0.702. The van der Waals surface area contributed by atoms with Crippen molar-refractivity contribution in [1.29, 1.82) is 0 Å². The number of rotatable bonds is 6. The van der Waals surface area contributed by atoms with E-state index >= 15 is 0 Å². The molecule has 1 saturated carbocycles. The van der Waals surface area contributed by atoms with Crippen LogP contribution in [0.5, 0.6) is 0 Å². The van der Waals surface area contributed by atoms with Crippen LogP contribution in [0.2, 0.25) is 0 Å². The molecule has 1 heterocycles.